The maximum absolute atomic E-state index is 12.9. The summed E-state index contributed by atoms with van der Waals surface area (Å²) >= 11 is 0. The minimum atomic E-state index is -0.690. The van der Waals surface area contributed by atoms with Crippen LogP contribution < -0.4 is 10.6 Å². The lowest BCUT2D eigenvalue weighted by molar-refractivity contribution is -0.160. The molecule has 0 aromatic heterocycles. The van der Waals surface area contributed by atoms with Crippen molar-refractivity contribution >= 4 is 29.9 Å². The summed E-state index contributed by atoms with van der Waals surface area (Å²) < 4.78 is 5.64. The Hall–Kier alpha value is -1.63. The molecule has 0 saturated carbocycles. The van der Waals surface area contributed by atoms with Crippen molar-refractivity contribution in [2.75, 3.05) is 38.6 Å². The van der Waals surface area contributed by atoms with Gasteiger partial charge in [0.05, 0.1) is 0 Å². The Labute approximate surface area is 161 Å². The summed E-state index contributed by atoms with van der Waals surface area (Å²) in [6.07, 6.45) is 2.80. The van der Waals surface area contributed by atoms with E-state index < -0.39 is 5.60 Å². The van der Waals surface area contributed by atoms with Crippen molar-refractivity contribution in [2.24, 2.45) is 5.92 Å². The third-order valence-electron chi connectivity index (χ3n) is 5.39. The maximum atomic E-state index is 12.9. The number of ether oxygens (including phenoxy) is 1. The minimum Gasteiger partial charge on any atom is -0.368 e. The topological polar surface area (TPSA) is 70.7 Å². The zero-order chi connectivity index (χ0) is 17.7. The summed E-state index contributed by atoms with van der Waals surface area (Å²) in [7, 11) is 1.63. The van der Waals surface area contributed by atoms with E-state index in [2.05, 4.69) is 10.6 Å². The number of carbonyl (C=O) groups excluding carboxylic acids is 2. The van der Waals surface area contributed by atoms with E-state index >= 15 is 0 Å². The van der Waals surface area contributed by atoms with Gasteiger partial charge in [0.15, 0.2) is 0 Å². The van der Waals surface area contributed by atoms with Crippen LogP contribution in [0.4, 0.5) is 5.69 Å². The van der Waals surface area contributed by atoms with Crippen molar-refractivity contribution in [3.05, 3.63) is 30.3 Å². The van der Waals surface area contributed by atoms with Gasteiger partial charge in [0, 0.05) is 31.8 Å². The third kappa shape index (κ3) is 4.55. The van der Waals surface area contributed by atoms with E-state index in [1.165, 1.54) is 0 Å². The summed E-state index contributed by atoms with van der Waals surface area (Å²) in [4.78, 5) is 27.2. The lowest BCUT2D eigenvalue weighted by atomic mass is 9.88. The number of piperidine rings is 2. The molecule has 1 aromatic carbocycles. The van der Waals surface area contributed by atoms with Crippen molar-refractivity contribution < 1.29 is 14.3 Å². The number of anilines is 1. The van der Waals surface area contributed by atoms with E-state index in [0.29, 0.717) is 38.8 Å². The van der Waals surface area contributed by atoms with E-state index in [1.54, 1.807) is 7.11 Å². The number of rotatable bonds is 4. The smallest absolute Gasteiger partial charge is 0.254 e. The number of nitrogens with zero attached hydrogens (tertiary/aromatic N) is 1. The normalized spacial score (nSPS) is 20.1. The van der Waals surface area contributed by atoms with Gasteiger partial charge in [0.1, 0.15) is 5.60 Å². The number of hydrogen-bond acceptors (Lipinski definition) is 4. The van der Waals surface area contributed by atoms with Crippen molar-refractivity contribution in [3.63, 3.8) is 0 Å². The number of nitrogens with one attached hydrogen (secondary N) is 2. The van der Waals surface area contributed by atoms with Crippen molar-refractivity contribution in [1.29, 1.82) is 0 Å². The average Bonchev–Trinajstić information content (AvgIpc) is 2.69. The molecule has 0 aliphatic carbocycles. The number of likely N-dealkylation sites (tertiary alicyclic amines) is 1. The largest absolute Gasteiger partial charge is 0.368 e. The second-order valence-electron chi connectivity index (χ2n) is 6.87. The van der Waals surface area contributed by atoms with Gasteiger partial charge >= 0.3 is 0 Å². The minimum absolute atomic E-state index is 0. The van der Waals surface area contributed by atoms with Gasteiger partial charge in [0.25, 0.3) is 5.91 Å². The van der Waals surface area contributed by atoms with E-state index in [9.17, 15) is 9.59 Å². The SMILES string of the molecule is COC1(C(=O)N2CCC(C(=O)Nc3ccccc3)CC2)CCNCC1.Cl. The number of carbonyl (C=O) groups is 2. The first kappa shape index (κ1) is 20.7. The van der Waals surface area contributed by atoms with Gasteiger partial charge in [-0.15, -0.1) is 12.4 Å². The Balaban J connectivity index is 0.00000243. The van der Waals surface area contributed by atoms with E-state index in [-0.39, 0.29) is 30.1 Å². The molecule has 2 saturated heterocycles. The molecule has 0 bridgehead atoms. The molecule has 0 radical (unpaired) electrons. The van der Waals surface area contributed by atoms with Gasteiger partial charge in [-0.05, 0) is 50.9 Å². The van der Waals surface area contributed by atoms with Crippen LogP contribution >= 0.6 is 12.4 Å². The zero-order valence-electron chi connectivity index (χ0n) is 15.2. The van der Waals surface area contributed by atoms with Crippen LogP contribution in [0.3, 0.4) is 0 Å². The highest BCUT2D eigenvalue weighted by Crippen LogP contribution is 2.28. The zero-order valence-corrected chi connectivity index (χ0v) is 16.0. The number of benzene rings is 1. The van der Waals surface area contributed by atoms with Gasteiger partial charge in [-0.1, -0.05) is 18.2 Å². The number of methoxy groups -OCH3 is 1. The molecule has 2 aliphatic rings. The van der Waals surface area contributed by atoms with E-state index in [1.807, 2.05) is 35.2 Å². The Kier molecular flexibility index (Phi) is 7.43. The maximum Gasteiger partial charge on any atom is 0.254 e. The Morgan fingerprint density at radius 1 is 1.15 bits per heavy atom. The monoisotopic (exact) mass is 381 g/mol. The van der Waals surface area contributed by atoms with Gasteiger partial charge in [0.2, 0.25) is 5.91 Å². The molecule has 144 valence electrons. The molecule has 7 heteroatoms. The first-order chi connectivity index (χ1) is 12.1. The van der Waals surface area contributed by atoms with Gasteiger partial charge in [-0.2, -0.15) is 0 Å². The van der Waals surface area contributed by atoms with Gasteiger partial charge in [-0.3, -0.25) is 9.59 Å². The van der Waals surface area contributed by atoms with Crippen LogP contribution in [0.2, 0.25) is 0 Å². The molecule has 0 unspecified atom stereocenters. The molecule has 2 fully saturated rings. The summed E-state index contributed by atoms with van der Waals surface area (Å²) in [5, 5.41) is 6.24. The Morgan fingerprint density at radius 2 is 1.77 bits per heavy atom. The van der Waals surface area contributed by atoms with Crippen LogP contribution in [-0.2, 0) is 14.3 Å². The average molecular weight is 382 g/mol. The fourth-order valence-electron chi connectivity index (χ4n) is 3.73. The first-order valence-electron chi connectivity index (χ1n) is 9.06. The molecule has 1 aromatic rings. The van der Waals surface area contributed by atoms with E-state index in [0.717, 1.165) is 18.8 Å². The fourth-order valence-corrected chi connectivity index (χ4v) is 3.73. The molecule has 6 nitrogen and oxygen atoms in total. The van der Waals surface area contributed by atoms with Crippen LogP contribution in [0, 0.1) is 5.92 Å². The Bertz CT molecular complexity index is 597. The summed E-state index contributed by atoms with van der Waals surface area (Å²) in [5.41, 5.74) is 0.128. The lowest BCUT2D eigenvalue weighted by Gasteiger charge is -2.41. The van der Waals surface area contributed by atoms with E-state index in [4.69, 9.17) is 4.74 Å². The summed E-state index contributed by atoms with van der Waals surface area (Å²) in [5.74, 6) is 0.0795. The highest BCUT2D eigenvalue weighted by Gasteiger charge is 2.43. The number of amides is 2. The van der Waals surface area contributed by atoms with Crippen LogP contribution in [0.15, 0.2) is 30.3 Å². The molecule has 2 heterocycles. The summed E-state index contributed by atoms with van der Waals surface area (Å²) in [6.45, 7) is 2.83. The van der Waals surface area contributed by atoms with Crippen LogP contribution in [0.25, 0.3) is 0 Å². The molecule has 26 heavy (non-hydrogen) atoms. The molecule has 0 atom stereocenters. The molecule has 3 rings (SSSR count). The van der Waals surface area contributed by atoms with Gasteiger partial charge < -0.3 is 20.3 Å². The first-order valence-corrected chi connectivity index (χ1v) is 9.06. The quantitative estimate of drug-likeness (QED) is 0.837. The summed E-state index contributed by atoms with van der Waals surface area (Å²) in [6, 6.07) is 9.50. The second kappa shape index (κ2) is 9.35. The van der Waals surface area contributed by atoms with Crippen molar-refractivity contribution in [2.45, 2.75) is 31.3 Å². The number of hydrogen-bond donors (Lipinski definition) is 2. The Morgan fingerprint density at radius 3 is 2.35 bits per heavy atom. The molecular weight excluding hydrogens is 354 g/mol. The third-order valence-corrected chi connectivity index (χ3v) is 5.39. The van der Waals surface area contributed by atoms with Crippen molar-refractivity contribution in [1.82, 2.24) is 10.2 Å². The fraction of sp³-hybridized carbons (Fsp3) is 0.579. The van der Waals surface area contributed by atoms with Crippen LogP contribution in [-0.4, -0.2) is 55.6 Å². The van der Waals surface area contributed by atoms with Crippen LogP contribution in [0.1, 0.15) is 25.7 Å². The predicted molar refractivity (Wildman–Crippen MR) is 103 cm³/mol. The predicted octanol–water partition coefficient (Wildman–Crippen LogP) is 2.05. The highest BCUT2D eigenvalue weighted by atomic mass is 35.5. The molecular formula is C19H28ClN3O3. The molecule has 2 amide bonds. The molecule has 0 spiro atoms. The standard InChI is InChI=1S/C19H27N3O3.ClH/c1-25-19(9-11-20-12-10-19)18(24)22-13-7-15(8-14-22)17(23)21-16-5-3-2-4-6-16;/h2-6,15,20H,7-14H2,1H3,(H,21,23);1H. The highest BCUT2D eigenvalue weighted by molar-refractivity contribution is 5.93. The number of para-hydroxylation sites is 1. The molecule has 2 N–H and O–H groups in total. The van der Waals surface area contributed by atoms with Crippen molar-refractivity contribution in [3.8, 4) is 0 Å². The van der Waals surface area contributed by atoms with Gasteiger partial charge in [-0.25, -0.2) is 0 Å². The number of halogens is 1. The molecule has 2 aliphatic heterocycles. The second-order valence-corrected chi connectivity index (χ2v) is 6.87. The lowest BCUT2D eigenvalue weighted by Crippen LogP contribution is -2.57. The van der Waals surface area contributed by atoms with Crippen LogP contribution in [0.5, 0.6) is 0 Å².